The molecule has 3 rings (SSSR count). The van der Waals surface area contributed by atoms with E-state index in [1.54, 1.807) is 12.1 Å². The first kappa shape index (κ1) is 14.3. The molecule has 1 atom stereocenters. The number of carbonyl (C=O) groups is 2. The van der Waals surface area contributed by atoms with E-state index < -0.39 is 5.91 Å². The van der Waals surface area contributed by atoms with Gasteiger partial charge in [0.1, 0.15) is 0 Å². The number of hydrogen-bond acceptors (Lipinski definition) is 5. The van der Waals surface area contributed by atoms with Crippen LogP contribution < -0.4 is 10.6 Å². The van der Waals surface area contributed by atoms with Gasteiger partial charge in [0.05, 0.1) is 12.8 Å². The third kappa shape index (κ3) is 3.92. The van der Waals surface area contributed by atoms with E-state index in [9.17, 15) is 9.59 Å². The van der Waals surface area contributed by atoms with Gasteiger partial charge < -0.3 is 9.73 Å². The van der Waals surface area contributed by atoms with Crippen molar-refractivity contribution in [2.45, 2.75) is 37.8 Å². The summed E-state index contributed by atoms with van der Waals surface area (Å²) in [6, 6.07) is 4.14. The predicted molar refractivity (Wildman–Crippen MR) is 76.8 cm³/mol. The smallest absolute Gasteiger partial charge is 0.293 e. The summed E-state index contributed by atoms with van der Waals surface area (Å²) in [6.45, 7) is 2.22. The van der Waals surface area contributed by atoms with Crippen LogP contribution in [0.4, 0.5) is 0 Å². The number of rotatable bonds is 6. The Morgan fingerprint density at radius 2 is 2.24 bits per heavy atom. The molecule has 1 aromatic rings. The largest absolute Gasteiger partial charge is 0.459 e. The Balaban J connectivity index is 1.50. The zero-order valence-corrected chi connectivity index (χ0v) is 12.0. The Hall–Kier alpha value is -1.66. The highest BCUT2D eigenvalue weighted by atomic mass is 16.3. The molecule has 6 nitrogen and oxygen atoms in total. The van der Waals surface area contributed by atoms with Crippen molar-refractivity contribution in [3.63, 3.8) is 0 Å². The molecule has 1 aromatic heterocycles. The van der Waals surface area contributed by atoms with E-state index in [1.807, 2.05) is 0 Å². The number of furan rings is 1. The van der Waals surface area contributed by atoms with Gasteiger partial charge in [-0.3, -0.25) is 19.8 Å². The molecule has 0 radical (unpaired) electrons. The lowest BCUT2D eigenvalue weighted by Gasteiger charge is -2.24. The zero-order chi connectivity index (χ0) is 14.7. The van der Waals surface area contributed by atoms with Crippen molar-refractivity contribution < 1.29 is 14.0 Å². The lowest BCUT2D eigenvalue weighted by atomic mass is 10.2. The van der Waals surface area contributed by atoms with Crippen LogP contribution >= 0.6 is 0 Å². The van der Waals surface area contributed by atoms with Gasteiger partial charge in [0, 0.05) is 18.6 Å². The first-order chi connectivity index (χ1) is 10.2. The van der Waals surface area contributed by atoms with Crippen LogP contribution in [-0.2, 0) is 4.79 Å². The van der Waals surface area contributed by atoms with E-state index in [4.69, 9.17) is 4.42 Å². The average molecular weight is 291 g/mol. The molecule has 1 aliphatic heterocycles. The number of nitrogens with one attached hydrogen (secondary N) is 2. The molecule has 0 aromatic carbocycles. The topological polar surface area (TPSA) is 74.6 Å². The van der Waals surface area contributed by atoms with Crippen LogP contribution in [0.5, 0.6) is 0 Å². The third-order valence-corrected chi connectivity index (χ3v) is 4.03. The minimum atomic E-state index is -0.472. The second-order valence-electron chi connectivity index (χ2n) is 5.81. The second-order valence-corrected chi connectivity index (χ2v) is 5.81. The van der Waals surface area contributed by atoms with E-state index in [2.05, 4.69) is 15.5 Å². The molecule has 0 bridgehead atoms. The summed E-state index contributed by atoms with van der Waals surface area (Å²) in [5.74, 6) is -0.570. The van der Waals surface area contributed by atoms with E-state index in [1.165, 1.54) is 12.7 Å². The first-order valence-corrected chi connectivity index (χ1v) is 7.57. The standard InChI is InChI=1S/C15H21N3O3/c19-14(17-15(20)13-4-2-8-21-13)10-18(12-5-6-12)9-11-3-1-7-16-11/h2,4,8,11-12,16H,1,3,5-7,9-10H2,(H,17,19,20). The minimum Gasteiger partial charge on any atom is -0.459 e. The molecule has 1 saturated heterocycles. The molecular formula is C15H21N3O3. The van der Waals surface area contributed by atoms with Crippen LogP contribution in [0, 0.1) is 0 Å². The Morgan fingerprint density at radius 3 is 2.86 bits per heavy atom. The van der Waals surface area contributed by atoms with Crippen LogP contribution in [0.25, 0.3) is 0 Å². The summed E-state index contributed by atoms with van der Waals surface area (Å²) in [6.07, 6.45) is 6.07. The molecule has 1 aliphatic carbocycles. The summed E-state index contributed by atoms with van der Waals surface area (Å²) >= 11 is 0. The summed E-state index contributed by atoms with van der Waals surface area (Å²) in [4.78, 5) is 26.0. The molecule has 1 unspecified atom stereocenters. The van der Waals surface area contributed by atoms with Crippen molar-refractivity contribution in [2.24, 2.45) is 0 Å². The SMILES string of the molecule is O=C(CN(CC1CCCN1)C1CC1)NC(=O)c1ccco1. The van der Waals surface area contributed by atoms with Crippen molar-refractivity contribution in [3.05, 3.63) is 24.2 Å². The zero-order valence-electron chi connectivity index (χ0n) is 12.0. The predicted octanol–water partition coefficient (Wildman–Crippen LogP) is 0.752. The van der Waals surface area contributed by atoms with Crippen molar-refractivity contribution in [1.29, 1.82) is 0 Å². The quantitative estimate of drug-likeness (QED) is 0.809. The molecular weight excluding hydrogens is 270 g/mol. The molecule has 2 heterocycles. The Kier molecular flexibility index (Phi) is 4.36. The molecule has 0 spiro atoms. The normalized spacial score (nSPS) is 21.7. The molecule has 2 amide bonds. The van der Waals surface area contributed by atoms with Gasteiger partial charge in [0.25, 0.3) is 5.91 Å². The lowest BCUT2D eigenvalue weighted by Crippen LogP contribution is -2.45. The van der Waals surface area contributed by atoms with Crippen molar-refractivity contribution in [1.82, 2.24) is 15.5 Å². The van der Waals surface area contributed by atoms with E-state index >= 15 is 0 Å². The van der Waals surface area contributed by atoms with Crippen molar-refractivity contribution >= 4 is 11.8 Å². The van der Waals surface area contributed by atoms with Gasteiger partial charge in [-0.25, -0.2) is 0 Å². The number of nitrogens with zero attached hydrogens (tertiary/aromatic N) is 1. The maximum atomic E-state index is 12.0. The lowest BCUT2D eigenvalue weighted by molar-refractivity contribution is -0.121. The number of carbonyl (C=O) groups excluding carboxylic acids is 2. The third-order valence-electron chi connectivity index (χ3n) is 4.03. The number of imide groups is 1. The minimum absolute atomic E-state index is 0.166. The highest BCUT2D eigenvalue weighted by Crippen LogP contribution is 2.27. The number of amides is 2. The highest BCUT2D eigenvalue weighted by Gasteiger charge is 2.32. The van der Waals surface area contributed by atoms with E-state index in [-0.39, 0.29) is 18.2 Å². The number of hydrogen-bond donors (Lipinski definition) is 2. The fourth-order valence-electron chi connectivity index (χ4n) is 2.80. The van der Waals surface area contributed by atoms with Gasteiger partial charge in [-0.05, 0) is 44.4 Å². The fourth-order valence-corrected chi connectivity index (χ4v) is 2.80. The molecule has 2 N–H and O–H groups in total. The van der Waals surface area contributed by atoms with E-state index in [0.29, 0.717) is 12.1 Å². The maximum absolute atomic E-state index is 12.0. The van der Waals surface area contributed by atoms with Gasteiger partial charge in [-0.15, -0.1) is 0 Å². The molecule has 114 valence electrons. The van der Waals surface area contributed by atoms with Crippen molar-refractivity contribution in [3.8, 4) is 0 Å². The monoisotopic (exact) mass is 291 g/mol. The Bertz CT molecular complexity index is 490. The molecule has 1 saturated carbocycles. The van der Waals surface area contributed by atoms with Gasteiger partial charge in [0.15, 0.2) is 5.76 Å². The van der Waals surface area contributed by atoms with Crippen LogP contribution in [0.2, 0.25) is 0 Å². The average Bonchev–Trinajstić information content (AvgIpc) is 2.94. The summed E-state index contributed by atoms with van der Waals surface area (Å²) in [7, 11) is 0. The van der Waals surface area contributed by atoms with Gasteiger partial charge >= 0.3 is 0 Å². The van der Waals surface area contributed by atoms with Gasteiger partial charge in [-0.1, -0.05) is 0 Å². The summed E-state index contributed by atoms with van der Waals surface area (Å²) in [5, 5.41) is 5.84. The van der Waals surface area contributed by atoms with Gasteiger partial charge in [-0.2, -0.15) is 0 Å². The molecule has 2 aliphatic rings. The summed E-state index contributed by atoms with van der Waals surface area (Å²) in [5.41, 5.74) is 0. The van der Waals surface area contributed by atoms with Crippen LogP contribution in [0.1, 0.15) is 36.2 Å². The molecule has 6 heteroatoms. The molecule has 21 heavy (non-hydrogen) atoms. The van der Waals surface area contributed by atoms with Gasteiger partial charge in [0.2, 0.25) is 5.91 Å². The van der Waals surface area contributed by atoms with Crippen LogP contribution in [0.15, 0.2) is 22.8 Å². The maximum Gasteiger partial charge on any atom is 0.293 e. The second kappa shape index (κ2) is 6.41. The van der Waals surface area contributed by atoms with Crippen molar-refractivity contribution in [2.75, 3.05) is 19.6 Å². The van der Waals surface area contributed by atoms with E-state index in [0.717, 1.165) is 32.4 Å². The summed E-state index contributed by atoms with van der Waals surface area (Å²) < 4.78 is 4.98. The van der Waals surface area contributed by atoms with Crippen LogP contribution in [-0.4, -0.2) is 48.4 Å². The van der Waals surface area contributed by atoms with Crippen LogP contribution in [0.3, 0.4) is 0 Å². The first-order valence-electron chi connectivity index (χ1n) is 7.57. The Morgan fingerprint density at radius 1 is 1.38 bits per heavy atom. The molecule has 2 fully saturated rings. The fraction of sp³-hybridized carbons (Fsp3) is 0.600. The Labute approximate surface area is 123 Å². The highest BCUT2D eigenvalue weighted by molar-refractivity contribution is 6.03.